The molecular formula is C17H18FN3. The Labute approximate surface area is 123 Å². The summed E-state index contributed by atoms with van der Waals surface area (Å²) >= 11 is 0. The number of nitrogens with one attached hydrogen (secondary N) is 1. The maximum absolute atomic E-state index is 13.6. The fraction of sp³-hybridized carbons (Fsp3) is 0.353. The highest BCUT2D eigenvalue weighted by atomic mass is 19.1. The van der Waals surface area contributed by atoms with Crippen molar-refractivity contribution in [1.29, 1.82) is 0 Å². The number of hydrogen-bond donors (Lipinski definition) is 1. The molecule has 1 aromatic carbocycles. The first-order valence-electron chi connectivity index (χ1n) is 7.53. The van der Waals surface area contributed by atoms with E-state index in [1.165, 1.54) is 24.0 Å². The topological polar surface area (TPSA) is 28.2 Å². The van der Waals surface area contributed by atoms with Gasteiger partial charge in [0.05, 0.1) is 11.9 Å². The molecule has 0 spiro atoms. The number of halogens is 1. The Bertz CT molecular complexity index is 667. The van der Waals surface area contributed by atoms with Gasteiger partial charge in [-0.3, -0.25) is 4.98 Å². The molecule has 0 amide bonds. The lowest BCUT2D eigenvalue weighted by atomic mass is 10.1. The number of benzene rings is 1. The number of anilines is 2. The van der Waals surface area contributed by atoms with Crippen LogP contribution in [0.25, 0.3) is 0 Å². The number of pyridine rings is 1. The third-order valence-electron chi connectivity index (χ3n) is 4.28. The van der Waals surface area contributed by atoms with Crippen molar-refractivity contribution in [3.63, 3.8) is 0 Å². The van der Waals surface area contributed by atoms with Crippen molar-refractivity contribution in [2.75, 3.05) is 11.4 Å². The van der Waals surface area contributed by atoms with Crippen molar-refractivity contribution in [2.24, 2.45) is 0 Å². The Morgan fingerprint density at radius 1 is 1.24 bits per heavy atom. The zero-order chi connectivity index (χ0) is 14.2. The van der Waals surface area contributed by atoms with Crippen molar-refractivity contribution < 1.29 is 4.39 Å². The van der Waals surface area contributed by atoms with Gasteiger partial charge in [0.25, 0.3) is 0 Å². The Hall–Kier alpha value is -1.94. The van der Waals surface area contributed by atoms with Crippen LogP contribution in [-0.2, 0) is 13.0 Å². The quantitative estimate of drug-likeness (QED) is 0.934. The van der Waals surface area contributed by atoms with E-state index in [1.807, 2.05) is 18.5 Å². The van der Waals surface area contributed by atoms with Gasteiger partial charge in [0.1, 0.15) is 5.82 Å². The monoisotopic (exact) mass is 283 g/mol. The molecule has 21 heavy (non-hydrogen) atoms. The minimum absolute atomic E-state index is 0.179. The summed E-state index contributed by atoms with van der Waals surface area (Å²) in [6.07, 6.45) is 7.23. The zero-order valence-corrected chi connectivity index (χ0v) is 11.8. The molecule has 1 N–H and O–H groups in total. The smallest absolute Gasteiger partial charge is 0.125 e. The third-order valence-corrected chi connectivity index (χ3v) is 4.28. The predicted molar refractivity (Wildman–Crippen MR) is 81.2 cm³/mol. The Balaban J connectivity index is 1.66. The summed E-state index contributed by atoms with van der Waals surface area (Å²) in [7, 11) is 0. The van der Waals surface area contributed by atoms with Gasteiger partial charge in [-0.1, -0.05) is 6.07 Å². The van der Waals surface area contributed by atoms with Crippen LogP contribution in [0.2, 0.25) is 0 Å². The number of nitrogens with zero attached hydrogens (tertiary/aromatic N) is 2. The molecule has 0 bridgehead atoms. The maximum atomic E-state index is 13.6. The summed E-state index contributed by atoms with van der Waals surface area (Å²) < 4.78 is 13.6. The minimum atomic E-state index is -0.179. The van der Waals surface area contributed by atoms with Crippen molar-refractivity contribution >= 4 is 11.4 Å². The molecule has 1 saturated carbocycles. The van der Waals surface area contributed by atoms with Crippen LogP contribution in [0.15, 0.2) is 36.7 Å². The second-order valence-electron chi connectivity index (χ2n) is 5.83. The first-order valence-corrected chi connectivity index (χ1v) is 7.53. The highest BCUT2D eigenvalue weighted by Gasteiger charge is 2.24. The van der Waals surface area contributed by atoms with Gasteiger partial charge in [-0.05, 0) is 48.6 Å². The van der Waals surface area contributed by atoms with Gasteiger partial charge in [0.2, 0.25) is 0 Å². The molecule has 4 rings (SSSR count). The average Bonchev–Trinajstić information content (AvgIpc) is 3.24. The SMILES string of the molecule is Fc1ccc2c(c1)N(c1cnccc1CNC1CC1)CC2. The van der Waals surface area contributed by atoms with Gasteiger partial charge >= 0.3 is 0 Å². The molecule has 4 heteroatoms. The first-order chi connectivity index (χ1) is 10.3. The van der Waals surface area contributed by atoms with E-state index in [0.717, 1.165) is 30.9 Å². The van der Waals surface area contributed by atoms with Gasteiger partial charge in [-0.25, -0.2) is 4.39 Å². The van der Waals surface area contributed by atoms with Crippen LogP contribution < -0.4 is 10.2 Å². The third kappa shape index (κ3) is 2.51. The predicted octanol–water partition coefficient (Wildman–Crippen LogP) is 3.17. The fourth-order valence-corrected chi connectivity index (χ4v) is 2.95. The average molecular weight is 283 g/mol. The molecule has 0 saturated heterocycles. The van der Waals surface area contributed by atoms with Crippen LogP contribution in [0.5, 0.6) is 0 Å². The molecule has 2 heterocycles. The Kier molecular flexibility index (Phi) is 3.11. The molecule has 2 aliphatic rings. The zero-order valence-electron chi connectivity index (χ0n) is 11.8. The van der Waals surface area contributed by atoms with Crippen LogP contribution in [0, 0.1) is 5.82 Å². The maximum Gasteiger partial charge on any atom is 0.125 e. The lowest BCUT2D eigenvalue weighted by molar-refractivity contribution is 0.628. The summed E-state index contributed by atoms with van der Waals surface area (Å²) in [6, 6.07) is 7.80. The van der Waals surface area contributed by atoms with Gasteiger partial charge in [-0.15, -0.1) is 0 Å². The molecule has 2 aromatic rings. The lowest BCUT2D eigenvalue weighted by Gasteiger charge is -2.22. The molecule has 3 nitrogen and oxygen atoms in total. The van der Waals surface area contributed by atoms with Crippen molar-refractivity contribution in [3.05, 3.63) is 53.6 Å². The Morgan fingerprint density at radius 3 is 3.00 bits per heavy atom. The first kappa shape index (κ1) is 12.8. The molecule has 1 fully saturated rings. The summed E-state index contributed by atoms with van der Waals surface area (Å²) in [5, 5.41) is 3.54. The summed E-state index contributed by atoms with van der Waals surface area (Å²) in [5.41, 5.74) is 4.51. The number of fused-ring (bicyclic) bond motifs is 1. The van der Waals surface area contributed by atoms with Crippen LogP contribution in [0.4, 0.5) is 15.8 Å². The highest BCUT2D eigenvalue weighted by Crippen LogP contribution is 2.36. The molecule has 1 aliphatic heterocycles. The van der Waals surface area contributed by atoms with E-state index in [9.17, 15) is 4.39 Å². The normalized spacial score (nSPS) is 17.1. The van der Waals surface area contributed by atoms with E-state index < -0.39 is 0 Å². The number of hydrogen-bond acceptors (Lipinski definition) is 3. The second-order valence-corrected chi connectivity index (χ2v) is 5.83. The van der Waals surface area contributed by atoms with Crippen LogP contribution >= 0.6 is 0 Å². The highest BCUT2D eigenvalue weighted by molar-refractivity contribution is 5.71. The van der Waals surface area contributed by atoms with Crippen molar-refractivity contribution in [3.8, 4) is 0 Å². The van der Waals surface area contributed by atoms with Crippen molar-refractivity contribution in [1.82, 2.24) is 10.3 Å². The van der Waals surface area contributed by atoms with E-state index in [2.05, 4.69) is 21.3 Å². The molecular weight excluding hydrogens is 265 g/mol. The Morgan fingerprint density at radius 2 is 2.14 bits per heavy atom. The minimum Gasteiger partial charge on any atom is -0.339 e. The van der Waals surface area contributed by atoms with Gasteiger partial charge in [-0.2, -0.15) is 0 Å². The molecule has 0 unspecified atom stereocenters. The summed E-state index contributed by atoms with van der Waals surface area (Å²) in [4.78, 5) is 6.45. The van der Waals surface area contributed by atoms with E-state index >= 15 is 0 Å². The van der Waals surface area contributed by atoms with E-state index in [-0.39, 0.29) is 5.82 Å². The summed E-state index contributed by atoms with van der Waals surface area (Å²) in [5.74, 6) is -0.179. The number of rotatable bonds is 4. The second kappa shape index (κ2) is 5.11. The van der Waals surface area contributed by atoms with Gasteiger partial charge in [0, 0.05) is 31.0 Å². The molecule has 1 aliphatic carbocycles. The summed E-state index contributed by atoms with van der Waals surface area (Å²) in [6.45, 7) is 1.74. The molecule has 1 aromatic heterocycles. The number of aromatic nitrogens is 1. The van der Waals surface area contributed by atoms with Crippen molar-refractivity contribution in [2.45, 2.75) is 31.8 Å². The van der Waals surface area contributed by atoms with E-state index in [1.54, 1.807) is 12.1 Å². The fourth-order valence-electron chi connectivity index (χ4n) is 2.95. The van der Waals surface area contributed by atoms with Gasteiger partial charge in [0.15, 0.2) is 0 Å². The van der Waals surface area contributed by atoms with Crippen LogP contribution in [0.3, 0.4) is 0 Å². The lowest BCUT2D eigenvalue weighted by Crippen LogP contribution is -2.20. The van der Waals surface area contributed by atoms with E-state index in [4.69, 9.17) is 0 Å². The van der Waals surface area contributed by atoms with Gasteiger partial charge < -0.3 is 10.2 Å². The van der Waals surface area contributed by atoms with Crippen LogP contribution in [-0.4, -0.2) is 17.6 Å². The standard InChI is InChI=1S/C17H18FN3/c18-14-2-1-12-6-8-21(16(12)9-14)17-11-19-7-5-13(17)10-20-15-3-4-15/h1-2,5,7,9,11,15,20H,3-4,6,8,10H2. The molecule has 0 radical (unpaired) electrons. The molecule has 108 valence electrons. The largest absolute Gasteiger partial charge is 0.339 e. The van der Waals surface area contributed by atoms with Crippen LogP contribution in [0.1, 0.15) is 24.0 Å². The molecule has 0 atom stereocenters. The van der Waals surface area contributed by atoms with E-state index in [0.29, 0.717) is 6.04 Å².